The van der Waals surface area contributed by atoms with Crippen LogP contribution in [0, 0.1) is 0 Å². The van der Waals surface area contributed by atoms with E-state index in [9.17, 15) is 33.6 Å². The molecule has 0 aromatic rings. The topological polar surface area (TPSA) is 205 Å². The van der Waals surface area contributed by atoms with Gasteiger partial charge in [0.25, 0.3) is 5.91 Å². The Labute approximate surface area is 463 Å². The Morgan fingerprint density at radius 2 is 0.961 bits per heavy atom. The lowest BCUT2D eigenvalue weighted by molar-refractivity contribution is -0.309. The number of esters is 6. The summed E-state index contributed by atoms with van der Waals surface area (Å²) in [7, 11) is 0. The largest absolute Gasteiger partial charge is 0.463 e. The van der Waals surface area contributed by atoms with Crippen molar-refractivity contribution in [1.82, 2.24) is 5.32 Å². The quantitative estimate of drug-likeness (QED) is 0.0198. The Morgan fingerprint density at radius 1 is 0.494 bits per heavy atom. The number of hydrogen-bond donors (Lipinski definition) is 1. The van der Waals surface area contributed by atoms with E-state index >= 15 is 0 Å². The first kappa shape index (κ1) is 70.4. The zero-order chi connectivity index (χ0) is 57.1. The van der Waals surface area contributed by atoms with Crippen molar-refractivity contribution in [2.75, 3.05) is 13.2 Å². The number of rotatable bonds is 45. The van der Waals surface area contributed by atoms with Gasteiger partial charge in [0.1, 0.15) is 18.8 Å². The molecule has 442 valence electrons. The molecule has 8 atom stereocenters. The summed E-state index contributed by atoms with van der Waals surface area (Å²) in [5.74, 6) is -5.10. The van der Waals surface area contributed by atoms with Crippen molar-refractivity contribution >= 4 is 41.7 Å². The maximum atomic E-state index is 14.2. The minimum atomic E-state index is -1.59. The molecule has 0 unspecified atom stereocenters. The molecule has 1 N–H and O–H groups in total. The van der Waals surface area contributed by atoms with E-state index in [1.807, 2.05) is 13.0 Å². The minimum absolute atomic E-state index is 0.241. The number of amides is 1. The number of carbonyl (C=O) groups excluding carboxylic acids is 7. The summed E-state index contributed by atoms with van der Waals surface area (Å²) < 4.78 is 45.7. The molecule has 16 nitrogen and oxygen atoms in total. The van der Waals surface area contributed by atoms with Gasteiger partial charge in [-0.05, 0) is 51.5 Å². The first-order valence-electron chi connectivity index (χ1n) is 29.6. The lowest BCUT2D eigenvalue weighted by Crippen LogP contribution is -2.63. The molecule has 1 rings (SSSR count). The van der Waals surface area contributed by atoms with Crippen LogP contribution in [-0.2, 0) is 71.5 Å². The highest BCUT2D eigenvalue weighted by atomic mass is 16.7. The number of allylic oxidation sites excluding steroid dienone is 5. The van der Waals surface area contributed by atoms with Gasteiger partial charge in [-0.3, -0.25) is 33.6 Å². The van der Waals surface area contributed by atoms with Crippen molar-refractivity contribution in [3.8, 4) is 0 Å². The second-order valence-electron chi connectivity index (χ2n) is 20.8. The summed E-state index contributed by atoms with van der Waals surface area (Å²) in [6, 6.07) is -1.17. The van der Waals surface area contributed by atoms with Crippen LogP contribution in [0.5, 0.6) is 0 Å². The molecule has 77 heavy (non-hydrogen) atoms. The molecule has 0 aromatic heterocycles. The number of hydrogen-bond acceptors (Lipinski definition) is 15. The molecule has 0 spiro atoms. The van der Waals surface area contributed by atoms with Gasteiger partial charge in [-0.25, -0.2) is 0 Å². The number of ether oxygens (including phenoxy) is 8. The summed E-state index contributed by atoms with van der Waals surface area (Å²) in [5.41, 5.74) is 1.11. The van der Waals surface area contributed by atoms with E-state index in [1.54, 1.807) is 6.08 Å². The Bertz CT molecular complexity index is 1740. The number of unbranched alkanes of at least 4 members (excludes halogenated alkanes) is 25. The fraction of sp³-hybridized carbons (Fsp3) is 0.787. The van der Waals surface area contributed by atoms with E-state index < -0.39 is 104 Å². The van der Waals surface area contributed by atoms with Gasteiger partial charge < -0.3 is 43.2 Å². The van der Waals surface area contributed by atoms with E-state index in [0.717, 1.165) is 71.8 Å². The average Bonchev–Trinajstić information content (AvgIpc) is 3.37. The summed E-state index contributed by atoms with van der Waals surface area (Å²) in [4.78, 5) is 88.7. The SMILES string of the molecule is CCCCCCC/C=C/C(C)=C/CC/C=C/[C@@H](OC(C)=O)[C@H](CO[C@@H]1O[C@H](COC(C)=O)[C@@H](OC(C)=O)[C@H](OC(C)=O)[C@H]1OC(C)=O)NC(=O)[C@@H](CCCCCCCCCCCCCCCCCCCCCC)OC(C)=O. The molecular weight excluding hydrogens is 987 g/mol. The first-order valence-corrected chi connectivity index (χ1v) is 29.6. The Morgan fingerprint density at radius 3 is 1.44 bits per heavy atom. The summed E-state index contributed by atoms with van der Waals surface area (Å²) in [5, 5.41) is 2.89. The summed E-state index contributed by atoms with van der Waals surface area (Å²) in [6.07, 6.45) is 33.3. The molecule has 1 aliphatic heterocycles. The van der Waals surface area contributed by atoms with Gasteiger partial charge in [-0.1, -0.05) is 191 Å². The predicted molar refractivity (Wildman–Crippen MR) is 298 cm³/mol. The van der Waals surface area contributed by atoms with Crippen LogP contribution in [0.15, 0.2) is 36.0 Å². The van der Waals surface area contributed by atoms with E-state index in [4.69, 9.17) is 37.9 Å². The maximum Gasteiger partial charge on any atom is 0.303 e. The van der Waals surface area contributed by atoms with E-state index in [1.165, 1.54) is 136 Å². The molecule has 0 saturated carbocycles. The molecule has 1 aliphatic rings. The van der Waals surface area contributed by atoms with Crippen LogP contribution in [0.1, 0.15) is 249 Å². The lowest BCUT2D eigenvalue weighted by atomic mass is 9.98. The molecule has 1 heterocycles. The molecule has 1 amide bonds. The van der Waals surface area contributed by atoms with Gasteiger partial charge >= 0.3 is 35.8 Å². The van der Waals surface area contributed by atoms with Crippen molar-refractivity contribution < 1.29 is 71.5 Å². The Balaban J connectivity index is 3.21. The van der Waals surface area contributed by atoms with Crippen LogP contribution < -0.4 is 5.32 Å². The van der Waals surface area contributed by atoms with Crippen LogP contribution in [-0.4, -0.2) is 104 Å². The van der Waals surface area contributed by atoms with Gasteiger partial charge in [0.15, 0.2) is 30.7 Å². The highest BCUT2D eigenvalue weighted by Gasteiger charge is 2.53. The van der Waals surface area contributed by atoms with Gasteiger partial charge in [0.05, 0.1) is 12.6 Å². The molecule has 0 aromatic carbocycles. The second-order valence-corrected chi connectivity index (χ2v) is 20.8. The zero-order valence-corrected chi connectivity index (χ0v) is 49.0. The second kappa shape index (κ2) is 45.3. The normalized spacial score (nSPS) is 18.8. The maximum absolute atomic E-state index is 14.2. The molecule has 0 aliphatic carbocycles. The van der Waals surface area contributed by atoms with E-state index in [-0.39, 0.29) is 6.42 Å². The van der Waals surface area contributed by atoms with Crippen LogP contribution in [0.3, 0.4) is 0 Å². The van der Waals surface area contributed by atoms with Crippen molar-refractivity contribution in [3.63, 3.8) is 0 Å². The Kier molecular flexibility index (Phi) is 41.5. The van der Waals surface area contributed by atoms with Crippen LogP contribution in [0.25, 0.3) is 0 Å². The third-order valence-electron chi connectivity index (χ3n) is 13.3. The van der Waals surface area contributed by atoms with Crippen molar-refractivity contribution in [2.45, 2.75) is 297 Å². The van der Waals surface area contributed by atoms with Gasteiger partial charge in [-0.15, -0.1) is 0 Å². The fourth-order valence-corrected chi connectivity index (χ4v) is 9.33. The number of nitrogens with one attached hydrogen (secondary N) is 1. The lowest BCUT2D eigenvalue weighted by Gasteiger charge is -2.44. The van der Waals surface area contributed by atoms with E-state index in [2.05, 4.69) is 37.4 Å². The van der Waals surface area contributed by atoms with Gasteiger partial charge in [0.2, 0.25) is 0 Å². The third-order valence-corrected chi connectivity index (χ3v) is 13.3. The summed E-state index contributed by atoms with van der Waals surface area (Å²) >= 11 is 0. The van der Waals surface area contributed by atoms with Crippen LogP contribution in [0.2, 0.25) is 0 Å². The Hall–Kier alpha value is -4.57. The van der Waals surface area contributed by atoms with Gasteiger partial charge in [-0.2, -0.15) is 0 Å². The molecular formula is C61H103NO15. The summed E-state index contributed by atoms with van der Waals surface area (Å²) in [6.45, 7) is 12.5. The zero-order valence-electron chi connectivity index (χ0n) is 49.0. The van der Waals surface area contributed by atoms with E-state index in [0.29, 0.717) is 19.3 Å². The highest BCUT2D eigenvalue weighted by Crippen LogP contribution is 2.30. The molecule has 1 saturated heterocycles. The standard InChI is InChI=1S/C61H103NO15/c1-10-12-14-16-18-19-20-21-22-23-24-25-26-27-28-29-30-32-34-38-43-55(73-49(6)65)60(69)62-53(54(72-48(5)64)42-39-35-37-41-46(3)40-36-33-31-17-15-13-11-2)44-71-61-59(76-52(9)68)58(75-51(8)67)57(74-50(7)66)56(77-61)45-70-47(4)63/h36,39-42,53-59,61H,10-35,37-38,43-45H2,1-9H3,(H,62,69)/b40-36+,42-39+,46-41+/t53-,54+,55+,56+,57+,58-,59+,61+/m0/s1. The average molecular weight is 1090 g/mol. The molecule has 0 radical (unpaired) electrons. The molecule has 16 heteroatoms. The first-order chi connectivity index (χ1) is 37.0. The van der Waals surface area contributed by atoms with Crippen molar-refractivity contribution in [3.05, 3.63) is 36.0 Å². The highest BCUT2D eigenvalue weighted by molar-refractivity contribution is 5.83. The van der Waals surface area contributed by atoms with Crippen LogP contribution >= 0.6 is 0 Å². The monoisotopic (exact) mass is 1090 g/mol. The van der Waals surface area contributed by atoms with Crippen molar-refractivity contribution in [1.29, 1.82) is 0 Å². The predicted octanol–water partition coefficient (Wildman–Crippen LogP) is 12.8. The van der Waals surface area contributed by atoms with Crippen molar-refractivity contribution in [2.24, 2.45) is 0 Å². The third kappa shape index (κ3) is 37.0. The minimum Gasteiger partial charge on any atom is -0.463 e. The molecule has 1 fully saturated rings. The molecule has 0 bridgehead atoms. The number of carbonyl (C=O) groups is 7. The smallest absolute Gasteiger partial charge is 0.303 e. The fourth-order valence-electron chi connectivity index (χ4n) is 9.33. The van der Waals surface area contributed by atoms with Crippen LogP contribution in [0.4, 0.5) is 0 Å². The van der Waals surface area contributed by atoms with Gasteiger partial charge in [0, 0.05) is 41.5 Å².